The SMILES string of the molecule is COCCN(c1ccc(F)cc1CO)C(C)C. The minimum absolute atomic E-state index is 0.163. The first kappa shape index (κ1) is 13.9. The second kappa shape index (κ2) is 6.57. The summed E-state index contributed by atoms with van der Waals surface area (Å²) in [6.07, 6.45) is 0. The van der Waals surface area contributed by atoms with Crippen molar-refractivity contribution in [2.45, 2.75) is 26.5 Å². The van der Waals surface area contributed by atoms with E-state index in [0.29, 0.717) is 18.7 Å². The first-order valence-electron chi connectivity index (χ1n) is 5.75. The van der Waals surface area contributed by atoms with E-state index in [9.17, 15) is 9.50 Å². The number of benzene rings is 1. The van der Waals surface area contributed by atoms with Crippen LogP contribution in [0.4, 0.5) is 10.1 Å². The third-order valence-electron chi connectivity index (χ3n) is 2.68. The number of hydrogen-bond donors (Lipinski definition) is 1. The second-order valence-corrected chi connectivity index (χ2v) is 4.21. The molecule has 0 aromatic heterocycles. The number of nitrogens with zero attached hydrogens (tertiary/aromatic N) is 1. The lowest BCUT2D eigenvalue weighted by molar-refractivity contribution is 0.203. The molecule has 1 aromatic carbocycles. The molecule has 0 fully saturated rings. The van der Waals surface area contributed by atoms with Crippen molar-refractivity contribution in [3.05, 3.63) is 29.6 Å². The molecule has 0 aliphatic carbocycles. The molecule has 17 heavy (non-hydrogen) atoms. The summed E-state index contributed by atoms with van der Waals surface area (Å²) in [5.41, 5.74) is 1.47. The van der Waals surface area contributed by atoms with E-state index in [1.54, 1.807) is 13.2 Å². The lowest BCUT2D eigenvalue weighted by Gasteiger charge is -2.30. The van der Waals surface area contributed by atoms with Gasteiger partial charge in [-0.3, -0.25) is 0 Å². The van der Waals surface area contributed by atoms with Gasteiger partial charge >= 0.3 is 0 Å². The van der Waals surface area contributed by atoms with E-state index in [-0.39, 0.29) is 18.5 Å². The van der Waals surface area contributed by atoms with Crippen LogP contribution in [0.1, 0.15) is 19.4 Å². The van der Waals surface area contributed by atoms with Crippen LogP contribution in [-0.2, 0) is 11.3 Å². The summed E-state index contributed by atoms with van der Waals surface area (Å²) in [6.45, 7) is 5.26. The van der Waals surface area contributed by atoms with Crippen LogP contribution in [0.2, 0.25) is 0 Å². The number of halogens is 1. The van der Waals surface area contributed by atoms with Gasteiger partial charge in [0.15, 0.2) is 0 Å². The number of hydrogen-bond acceptors (Lipinski definition) is 3. The molecule has 4 heteroatoms. The molecule has 3 nitrogen and oxygen atoms in total. The van der Waals surface area contributed by atoms with Gasteiger partial charge in [0.05, 0.1) is 13.2 Å². The van der Waals surface area contributed by atoms with Gasteiger partial charge in [-0.2, -0.15) is 0 Å². The Balaban J connectivity index is 3.00. The molecular formula is C13H20FNO2. The van der Waals surface area contributed by atoms with Crippen molar-refractivity contribution in [1.29, 1.82) is 0 Å². The van der Waals surface area contributed by atoms with E-state index < -0.39 is 0 Å². The number of ether oxygens (including phenoxy) is 1. The molecular weight excluding hydrogens is 221 g/mol. The molecule has 0 amide bonds. The van der Waals surface area contributed by atoms with Crippen molar-refractivity contribution in [3.63, 3.8) is 0 Å². The molecule has 1 aromatic rings. The average molecular weight is 241 g/mol. The number of anilines is 1. The van der Waals surface area contributed by atoms with Crippen LogP contribution in [0.25, 0.3) is 0 Å². The Labute approximate surface area is 102 Å². The van der Waals surface area contributed by atoms with E-state index in [1.807, 2.05) is 0 Å². The third kappa shape index (κ3) is 3.68. The number of methoxy groups -OCH3 is 1. The Morgan fingerprint density at radius 1 is 1.41 bits per heavy atom. The Morgan fingerprint density at radius 3 is 2.65 bits per heavy atom. The molecule has 0 bridgehead atoms. The minimum atomic E-state index is -0.326. The van der Waals surface area contributed by atoms with Gasteiger partial charge in [-0.05, 0) is 32.0 Å². The Hall–Kier alpha value is -1.13. The topological polar surface area (TPSA) is 32.7 Å². The lowest BCUT2D eigenvalue weighted by atomic mass is 10.1. The van der Waals surface area contributed by atoms with Crippen molar-refractivity contribution in [3.8, 4) is 0 Å². The van der Waals surface area contributed by atoms with Gasteiger partial charge in [0.1, 0.15) is 5.82 Å². The maximum absolute atomic E-state index is 13.1. The third-order valence-corrected chi connectivity index (χ3v) is 2.68. The summed E-state index contributed by atoms with van der Waals surface area (Å²) in [5.74, 6) is -0.326. The van der Waals surface area contributed by atoms with Crippen molar-refractivity contribution < 1.29 is 14.2 Å². The number of rotatable bonds is 6. The van der Waals surface area contributed by atoms with E-state index in [4.69, 9.17) is 4.74 Å². The summed E-state index contributed by atoms with van der Waals surface area (Å²) < 4.78 is 18.2. The minimum Gasteiger partial charge on any atom is -0.392 e. The number of aliphatic hydroxyl groups excluding tert-OH is 1. The molecule has 96 valence electrons. The molecule has 0 unspecified atom stereocenters. The van der Waals surface area contributed by atoms with Gasteiger partial charge in [0, 0.05) is 30.9 Å². The summed E-state index contributed by atoms with van der Waals surface area (Å²) in [6, 6.07) is 4.76. The summed E-state index contributed by atoms with van der Waals surface area (Å²) in [5, 5.41) is 9.27. The first-order chi connectivity index (χ1) is 8.10. The maximum atomic E-state index is 13.1. The van der Waals surface area contributed by atoms with E-state index in [1.165, 1.54) is 12.1 Å². The Kier molecular flexibility index (Phi) is 5.38. The van der Waals surface area contributed by atoms with Crippen molar-refractivity contribution in [2.24, 2.45) is 0 Å². The highest BCUT2D eigenvalue weighted by Crippen LogP contribution is 2.23. The highest BCUT2D eigenvalue weighted by molar-refractivity contribution is 5.54. The van der Waals surface area contributed by atoms with Crippen LogP contribution < -0.4 is 4.90 Å². The highest BCUT2D eigenvalue weighted by atomic mass is 19.1. The fraction of sp³-hybridized carbons (Fsp3) is 0.538. The van der Waals surface area contributed by atoms with Crippen LogP contribution in [-0.4, -0.2) is 31.4 Å². The summed E-state index contributed by atoms with van der Waals surface area (Å²) >= 11 is 0. The monoisotopic (exact) mass is 241 g/mol. The normalized spacial score (nSPS) is 10.9. The zero-order chi connectivity index (χ0) is 12.8. The van der Waals surface area contributed by atoms with Gasteiger partial charge in [0.25, 0.3) is 0 Å². The summed E-state index contributed by atoms with van der Waals surface area (Å²) in [7, 11) is 1.65. The van der Waals surface area contributed by atoms with E-state index >= 15 is 0 Å². The van der Waals surface area contributed by atoms with E-state index in [0.717, 1.165) is 5.69 Å². The quantitative estimate of drug-likeness (QED) is 0.828. The zero-order valence-electron chi connectivity index (χ0n) is 10.6. The van der Waals surface area contributed by atoms with Crippen LogP contribution >= 0.6 is 0 Å². The molecule has 0 radical (unpaired) electrons. The van der Waals surface area contributed by atoms with Crippen LogP contribution in [0.15, 0.2) is 18.2 Å². The van der Waals surface area contributed by atoms with Crippen LogP contribution in [0.3, 0.4) is 0 Å². The smallest absolute Gasteiger partial charge is 0.123 e. The Bertz CT molecular complexity index is 355. The van der Waals surface area contributed by atoms with E-state index in [2.05, 4.69) is 18.7 Å². The van der Waals surface area contributed by atoms with Gasteiger partial charge < -0.3 is 14.7 Å². The van der Waals surface area contributed by atoms with Gasteiger partial charge in [-0.25, -0.2) is 4.39 Å². The fourth-order valence-corrected chi connectivity index (χ4v) is 1.81. The molecule has 0 aliphatic heterocycles. The number of aliphatic hydroxyl groups is 1. The van der Waals surface area contributed by atoms with Crippen molar-refractivity contribution >= 4 is 5.69 Å². The predicted molar refractivity (Wildman–Crippen MR) is 66.7 cm³/mol. The lowest BCUT2D eigenvalue weighted by Crippen LogP contribution is -2.34. The van der Waals surface area contributed by atoms with Gasteiger partial charge in [0.2, 0.25) is 0 Å². The molecule has 1 rings (SSSR count). The molecule has 0 saturated heterocycles. The molecule has 0 heterocycles. The first-order valence-corrected chi connectivity index (χ1v) is 5.75. The molecule has 1 N–H and O–H groups in total. The molecule has 0 saturated carbocycles. The van der Waals surface area contributed by atoms with Crippen molar-refractivity contribution in [1.82, 2.24) is 0 Å². The molecule has 0 aliphatic rings. The van der Waals surface area contributed by atoms with Crippen LogP contribution in [0, 0.1) is 5.82 Å². The molecule has 0 atom stereocenters. The zero-order valence-corrected chi connectivity index (χ0v) is 10.6. The van der Waals surface area contributed by atoms with Crippen molar-refractivity contribution in [2.75, 3.05) is 25.2 Å². The van der Waals surface area contributed by atoms with Gasteiger partial charge in [-0.1, -0.05) is 0 Å². The van der Waals surface area contributed by atoms with Crippen LogP contribution in [0.5, 0.6) is 0 Å². The second-order valence-electron chi connectivity index (χ2n) is 4.21. The maximum Gasteiger partial charge on any atom is 0.123 e. The highest BCUT2D eigenvalue weighted by Gasteiger charge is 2.14. The molecule has 0 spiro atoms. The average Bonchev–Trinajstić information content (AvgIpc) is 2.30. The standard InChI is InChI=1S/C13H20FNO2/c1-10(2)15(6-7-17-3)13-5-4-12(14)8-11(13)9-16/h4-5,8,10,16H,6-7,9H2,1-3H3. The van der Waals surface area contributed by atoms with Gasteiger partial charge in [-0.15, -0.1) is 0 Å². The Morgan fingerprint density at radius 2 is 2.12 bits per heavy atom. The predicted octanol–water partition coefficient (Wildman–Crippen LogP) is 2.18. The summed E-state index contributed by atoms with van der Waals surface area (Å²) in [4.78, 5) is 2.09. The largest absolute Gasteiger partial charge is 0.392 e. The fourth-order valence-electron chi connectivity index (χ4n) is 1.81.